The lowest BCUT2D eigenvalue weighted by Gasteiger charge is -2.12. The van der Waals surface area contributed by atoms with Crippen LogP contribution in [0.2, 0.25) is 10.0 Å². The molecule has 1 aromatic rings. The van der Waals surface area contributed by atoms with Crippen LogP contribution in [-0.2, 0) is 11.2 Å². The van der Waals surface area contributed by atoms with Crippen LogP contribution >= 0.6 is 23.2 Å². The third-order valence-corrected chi connectivity index (χ3v) is 2.59. The Morgan fingerprint density at radius 2 is 2.06 bits per heavy atom. The Balaban J connectivity index is 2.93. The molecule has 0 radical (unpaired) electrons. The van der Waals surface area contributed by atoms with Gasteiger partial charge in [-0.1, -0.05) is 23.2 Å². The van der Waals surface area contributed by atoms with Gasteiger partial charge in [0.25, 0.3) is 0 Å². The zero-order chi connectivity index (χ0) is 13.0. The molecule has 1 aromatic carbocycles. The number of ether oxygens (including phenoxy) is 1. The minimum Gasteiger partial charge on any atom is -0.495 e. The first-order valence-electron chi connectivity index (χ1n) is 5.25. The molecule has 0 aromatic heterocycles. The van der Waals surface area contributed by atoms with Crippen molar-refractivity contribution in [1.82, 2.24) is 5.32 Å². The second kappa shape index (κ2) is 6.12. The van der Waals surface area contributed by atoms with Crippen molar-refractivity contribution in [2.45, 2.75) is 26.3 Å². The Labute approximate surface area is 111 Å². The molecule has 0 saturated carbocycles. The second-order valence-electron chi connectivity index (χ2n) is 3.98. The van der Waals surface area contributed by atoms with Crippen molar-refractivity contribution in [2.24, 2.45) is 0 Å². The molecule has 3 nitrogen and oxygen atoms in total. The van der Waals surface area contributed by atoms with Gasteiger partial charge in [-0.3, -0.25) is 4.79 Å². The van der Waals surface area contributed by atoms with E-state index >= 15 is 0 Å². The Kier molecular flexibility index (Phi) is 5.09. The van der Waals surface area contributed by atoms with Gasteiger partial charge in [0.15, 0.2) is 0 Å². The van der Waals surface area contributed by atoms with E-state index in [-0.39, 0.29) is 18.4 Å². The summed E-state index contributed by atoms with van der Waals surface area (Å²) in [5.74, 6) is 0.409. The van der Waals surface area contributed by atoms with Crippen molar-refractivity contribution in [3.8, 4) is 5.75 Å². The lowest BCUT2D eigenvalue weighted by Crippen LogP contribution is -2.31. The summed E-state index contributed by atoms with van der Waals surface area (Å²) in [6.45, 7) is 3.81. The van der Waals surface area contributed by atoms with Crippen molar-refractivity contribution in [3.05, 3.63) is 27.7 Å². The molecule has 0 bridgehead atoms. The van der Waals surface area contributed by atoms with Crippen molar-refractivity contribution < 1.29 is 9.53 Å². The van der Waals surface area contributed by atoms with E-state index in [4.69, 9.17) is 27.9 Å². The molecule has 0 aliphatic rings. The minimum absolute atomic E-state index is 0.0865. The predicted molar refractivity (Wildman–Crippen MR) is 70.0 cm³/mol. The summed E-state index contributed by atoms with van der Waals surface area (Å²) in [6, 6.07) is 3.38. The Hall–Kier alpha value is -0.930. The number of halogens is 2. The number of benzene rings is 1. The molecule has 0 aliphatic carbocycles. The first kappa shape index (κ1) is 14.1. The number of hydrogen-bond donors (Lipinski definition) is 1. The Morgan fingerprint density at radius 3 is 2.59 bits per heavy atom. The fourth-order valence-corrected chi connectivity index (χ4v) is 2.13. The molecule has 0 spiro atoms. The monoisotopic (exact) mass is 275 g/mol. The third kappa shape index (κ3) is 4.10. The van der Waals surface area contributed by atoms with E-state index in [0.29, 0.717) is 21.4 Å². The van der Waals surface area contributed by atoms with Crippen molar-refractivity contribution >= 4 is 29.1 Å². The molecule has 5 heteroatoms. The lowest BCUT2D eigenvalue weighted by atomic mass is 10.1. The fraction of sp³-hybridized carbons (Fsp3) is 0.417. The highest BCUT2D eigenvalue weighted by molar-refractivity contribution is 6.35. The van der Waals surface area contributed by atoms with Crippen molar-refractivity contribution in [3.63, 3.8) is 0 Å². The number of carbonyl (C=O) groups excluding carboxylic acids is 1. The maximum absolute atomic E-state index is 11.7. The van der Waals surface area contributed by atoms with Gasteiger partial charge < -0.3 is 10.1 Å². The first-order chi connectivity index (χ1) is 7.93. The van der Waals surface area contributed by atoms with E-state index < -0.39 is 0 Å². The average Bonchev–Trinajstić information content (AvgIpc) is 2.15. The number of hydrogen-bond acceptors (Lipinski definition) is 2. The summed E-state index contributed by atoms with van der Waals surface area (Å²) in [5.41, 5.74) is 0.683. The van der Waals surface area contributed by atoms with Crippen LogP contribution in [0.4, 0.5) is 0 Å². The summed E-state index contributed by atoms with van der Waals surface area (Å²) < 4.78 is 5.17. The van der Waals surface area contributed by atoms with E-state index in [1.807, 2.05) is 13.8 Å². The smallest absolute Gasteiger partial charge is 0.224 e. The van der Waals surface area contributed by atoms with Crippen molar-refractivity contribution in [1.29, 1.82) is 0 Å². The average molecular weight is 276 g/mol. The lowest BCUT2D eigenvalue weighted by molar-refractivity contribution is -0.120. The number of amides is 1. The number of nitrogens with one attached hydrogen (secondary N) is 1. The molecule has 0 aliphatic heterocycles. The Morgan fingerprint density at radius 1 is 1.41 bits per heavy atom. The topological polar surface area (TPSA) is 38.3 Å². The summed E-state index contributed by atoms with van der Waals surface area (Å²) in [5, 5.41) is 3.70. The second-order valence-corrected chi connectivity index (χ2v) is 4.82. The normalized spacial score (nSPS) is 10.5. The molecule has 0 fully saturated rings. The highest BCUT2D eigenvalue weighted by atomic mass is 35.5. The van der Waals surface area contributed by atoms with Crippen LogP contribution in [0.25, 0.3) is 0 Å². The molecule has 0 saturated heterocycles. The van der Waals surface area contributed by atoms with Gasteiger partial charge in [-0.15, -0.1) is 0 Å². The van der Waals surface area contributed by atoms with Crippen molar-refractivity contribution in [2.75, 3.05) is 7.11 Å². The van der Waals surface area contributed by atoms with Crippen LogP contribution in [0, 0.1) is 0 Å². The number of rotatable bonds is 4. The third-order valence-electron chi connectivity index (χ3n) is 2.09. The van der Waals surface area contributed by atoms with E-state index in [9.17, 15) is 4.79 Å². The summed E-state index contributed by atoms with van der Waals surface area (Å²) in [7, 11) is 1.51. The van der Waals surface area contributed by atoms with Gasteiger partial charge in [0.2, 0.25) is 5.91 Å². The quantitative estimate of drug-likeness (QED) is 0.917. The fourth-order valence-electron chi connectivity index (χ4n) is 1.52. The van der Waals surface area contributed by atoms with E-state index in [1.165, 1.54) is 7.11 Å². The number of methoxy groups -OCH3 is 1. The van der Waals surface area contributed by atoms with Gasteiger partial charge in [-0.25, -0.2) is 0 Å². The van der Waals surface area contributed by atoms with Crippen LogP contribution < -0.4 is 10.1 Å². The van der Waals surface area contributed by atoms with Gasteiger partial charge >= 0.3 is 0 Å². The van der Waals surface area contributed by atoms with Crippen LogP contribution in [0.5, 0.6) is 5.75 Å². The summed E-state index contributed by atoms with van der Waals surface area (Å²) >= 11 is 11.9. The molecule has 1 rings (SSSR count). The van der Waals surface area contributed by atoms with E-state index in [1.54, 1.807) is 12.1 Å². The number of carbonyl (C=O) groups is 1. The SMILES string of the molecule is COc1c(Cl)cc(Cl)cc1CC(=O)NC(C)C. The molecule has 0 unspecified atom stereocenters. The standard InChI is InChI=1S/C12H15Cl2NO2/c1-7(2)15-11(16)5-8-4-9(13)6-10(14)12(8)17-3/h4,6-7H,5H2,1-3H3,(H,15,16). The van der Waals surface area contributed by atoms with Gasteiger partial charge in [-0.2, -0.15) is 0 Å². The minimum atomic E-state index is -0.0865. The van der Waals surface area contributed by atoms with Crippen LogP contribution in [0.3, 0.4) is 0 Å². The van der Waals surface area contributed by atoms with Crippen LogP contribution in [-0.4, -0.2) is 19.1 Å². The molecular formula is C12H15Cl2NO2. The van der Waals surface area contributed by atoms with Gasteiger partial charge in [0, 0.05) is 16.6 Å². The molecule has 0 heterocycles. The molecule has 1 N–H and O–H groups in total. The van der Waals surface area contributed by atoms with Gasteiger partial charge in [0.05, 0.1) is 18.6 Å². The maximum atomic E-state index is 11.7. The molecule has 17 heavy (non-hydrogen) atoms. The molecule has 1 amide bonds. The van der Waals surface area contributed by atoms with Crippen LogP contribution in [0.15, 0.2) is 12.1 Å². The van der Waals surface area contributed by atoms with Crippen LogP contribution in [0.1, 0.15) is 19.4 Å². The highest BCUT2D eigenvalue weighted by Crippen LogP contribution is 2.32. The maximum Gasteiger partial charge on any atom is 0.224 e. The first-order valence-corrected chi connectivity index (χ1v) is 6.01. The molecular weight excluding hydrogens is 261 g/mol. The van der Waals surface area contributed by atoms with Gasteiger partial charge in [-0.05, 0) is 26.0 Å². The predicted octanol–water partition coefficient (Wildman–Crippen LogP) is 3.07. The zero-order valence-corrected chi connectivity index (χ0v) is 11.5. The highest BCUT2D eigenvalue weighted by Gasteiger charge is 2.13. The Bertz CT molecular complexity index is 419. The molecule has 94 valence electrons. The van der Waals surface area contributed by atoms with Gasteiger partial charge in [0.1, 0.15) is 5.75 Å². The van der Waals surface area contributed by atoms with E-state index in [2.05, 4.69) is 5.32 Å². The summed E-state index contributed by atoms with van der Waals surface area (Å²) in [6.07, 6.45) is 0.196. The van der Waals surface area contributed by atoms with E-state index in [0.717, 1.165) is 0 Å². The summed E-state index contributed by atoms with van der Waals surface area (Å²) in [4.78, 5) is 11.7. The largest absolute Gasteiger partial charge is 0.495 e. The zero-order valence-electron chi connectivity index (χ0n) is 10.0. The molecule has 0 atom stereocenters.